The number of aryl methyl sites for hydroxylation is 1. The molecular formula is C22H23N3O5S. The molecule has 0 bridgehead atoms. The number of nitrogens with one attached hydrogen (secondary N) is 1. The van der Waals surface area contributed by atoms with E-state index in [-0.39, 0.29) is 41.0 Å². The number of pyridine rings is 1. The van der Waals surface area contributed by atoms with Crippen molar-refractivity contribution in [1.29, 1.82) is 0 Å². The van der Waals surface area contributed by atoms with Gasteiger partial charge in [-0.3, -0.25) is 4.79 Å². The zero-order valence-corrected chi connectivity index (χ0v) is 18.4. The third kappa shape index (κ3) is 5.00. The molecule has 3 heterocycles. The van der Waals surface area contributed by atoms with Gasteiger partial charge in [-0.25, -0.2) is 14.6 Å². The van der Waals surface area contributed by atoms with Gasteiger partial charge in [0.25, 0.3) is 0 Å². The Morgan fingerprint density at radius 2 is 2.03 bits per heavy atom. The molecular weight excluding hydrogens is 418 g/mol. The highest BCUT2D eigenvalue weighted by Gasteiger charge is 2.27. The van der Waals surface area contributed by atoms with E-state index in [2.05, 4.69) is 16.9 Å². The van der Waals surface area contributed by atoms with Crippen LogP contribution in [0.5, 0.6) is 0 Å². The van der Waals surface area contributed by atoms with E-state index in [4.69, 9.17) is 9.47 Å². The van der Waals surface area contributed by atoms with E-state index in [1.54, 1.807) is 20.0 Å². The maximum Gasteiger partial charge on any atom is 0.348 e. The summed E-state index contributed by atoms with van der Waals surface area (Å²) in [6.07, 6.45) is 5.11. The number of aromatic nitrogens is 2. The predicted molar refractivity (Wildman–Crippen MR) is 118 cm³/mol. The maximum atomic E-state index is 12.7. The highest BCUT2D eigenvalue weighted by atomic mass is 32.1. The summed E-state index contributed by atoms with van der Waals surface area (Å²) in [6.45, 7) is 8.99. The number of esters is 2. The Morgan fingerprint density at radius 3 is 2.74 bits per heavy atom. The third-order valence-electron chi connectivity index (χ3n) is 4.40. The van der Waals surface area contributed by atoms with Gasteiger partial charge >= 0.3 is 11.9 Å². The second-order valence-corrected chi connectivity index (χ2v) is 7.82. The standard InChI is InChI=1S/C22H23N3O5S/c1-5-9-30-22(28)19-14(4)18(21(27)29-6-2)20(31-19)24-17(26)11-15-12-25-8-7-13(3)10-16(25)23-15/h5,7-8,10,12H,1,6,9,11H2,2-4H3,(H,24,26). The Hall–Kier alpha value is -3.46. The molecule has 31 heavy (non-hydrogen) atoms. The van der Waals surface area contributed by atoms with Crippen LogP contribution in [0.1, 0.15) is 43.8 Å². The molecule has 3 aromatic rings. The second kappa shape index (κ2) is 9.57. The van der Waals surface area contributed by atoms with Gasteiger partial charge in [-0.2, -0.15) is 0 Å². The number of carbonyl (C=O) groups excluding carboxylic acids is 3. The molecule has 1 amide bonds. The molecule has 0 radical (unpaired) electrons. The number of imidazole rings is 1. The van der Waals surface area contributed by atoms with Crippen LogP contribution in [0.25, 0.3) is 5.65 Å². The van der Waals surface area contributed by atoms with Gasteiger partial charge in [-0.1, -0.05) is 12.7 Å². The molecule has 8 nitrogen and oxygen atoms in total. The molecule has 1 N–H and O–H groups in total. The van der Waals surface area contributed by atoms with Gasteiger partial charge in [0, 0.05) is 12.4 Å². The van der Waals surface area contributed by atoms with E-state index in [9.17, 15) is 14.4 Å². The van der Waals surface area contributed by atoms with Crippen LogP contribution in [0, 0.1) is 13.8 Å². The van der Waals surface area contributed by atoms with Crippen LogP contribution >= 0.6 is 11.3 Å². The quantitative estimate of drug-likeness (QED) is 0.423. The Balaban J connectivity index is 1.85. The zero-order chi connectivity index (χ0) is 22.5. The number of ether oxygens (including phenoxy) is 2. The lowest BCUT2D eigenvalue weighted by Crippen LogP contribution is -2.16. The Kier molecular flexibility index (Phi) is 6.86. The lowest BCUT2D eigenvalue weighted by Gasteiger charge is -2.06. The summed E-state index contributed by atoms with van der Waals surface area (Å²) in [5.74, 6) is -1.57. The van der Waals surface area contributed by atoms with Crippen molar-refractivity contribution in [3.63, 3.8) is 0 Å². The van der Waals surface area contributed by atoms with Crippen molar-refractivity contribution in [1.82, 2.24) is 9.38 Å². The van der Waals surface area contributed by atoms with Crippen LogP contribution in [-0.4, -0.2) is 40.4 Å². The molecule has 0 atom stereocenters. The molecule has 3 rings (SSSR count). The molecule has 9 heteroatoms. The largest absolute Gasteiger partial charge is 0.462 e. The minimum absolute atomic E-state index is 0.0101. The molecule has 0 aliphatic rings. The molecule has 0 spiro atoms. The zero-order valence-electron chi connectivity index (χ0n) is 17.6. The maximum absolute atomic E-state index is 12.7. The number of fused-ring (bicyclic) bond motifs is 1. The van der Waals surface area contributed by atoms with Gasteiger partial charge in [-0.05, 0) is 44.0 Å². The number of anilines is 1. The average molecular weight is 442 g/mol. The summed E-state index contributed by atoms with van der Waals surface area (Å²) in [5, 5.41) is 2.97. The number of thiophene rings is 1. The third-order valence-corrected chi connectivity index (χ3v) is 5.59. The first-order chi connectivity index (χ1) is 14.8. The fourth-order valence-corrected chi connectivity index (χ4v) is 4.11. The Bertz CT molecular complexity index is 1160. The number of nitrogens with zero attached hydrogens (tertiary/aromatic N) is 2. The number of hydrogen-bond acceptors (Lipinski definition) is 7. The van der Waals surface area contributed by atoms with E-state index in [0.717, 1.165) is 22.5 Å². The molecule has 162 valence electrons. The first-order valence-electron chi connectivity index (χ1n) is 9.66. The molecule has 0 aromatic carbocycles. The van der Waals surface area contributed by atoms with Gasteiger partial charge in [0.05, 0.1) is 24.3 Å². The fraction of sp³-hybridized carbons (Fsp3) is 0.273. The Morgan fingerprint density at radius 1 is 1.26 bits per heavy atom. The Labute approximate surface area is 183 Å². The van der Waals surface area contributed by atoms with Gasteiger partial charge in [0.2, 0.25) is 5.91 Å². The van der Waals surface area contributed by atoms with Gasteiger partial charge < -0.3 is 19.2 Å². The number of amides is 1. The van der Waals surface area contributed by atoms with Crippen molar-refractivity contribution in [3.05, 3.63) is 64.4 Å². The normalized spacial score (nSPS) is 10.7. The van der Waals surface area contributed by atoms with Gasteiger partial charge in [-0.15, -0.1) is 11.3 Å². The van der Waals surface area contributed by atoms with Crippen LogP contribution in [0.2, 0.25) is 0 Å². The van der Waals surface area contributed by atoms with E-state index in [1.165, 1.54) is 6.08 Å². The van der Waals surface area contributed by atoms with E-state index >= 15 is 0 Å². The molecule has 0 saturated carbocycles. The van der Waals surface area contributed by atoms with E-state index < -0.39 is 11.9 Å². The van der Waals surface area contributed by atoms with E-state index in [1.807, 2.05) is 29.7 Å². The lowest BCUT2D eigenvalue weighted by molar-refractivity contribution is -0.115. The second-order valence-electron chi connectivity index (χ2n) is 6.79. The predicted octanol–water partition coefficient (Wildman–Crippen LogP) is 3.71. The van der Waals surface area contributed by atoms with Crippen molar-refractivity contribution in [2.24, 2.45) is 0 Å². The minimum atomic E-state index is -0.613. The fourth-order valence-electron chi connectivity index (χ4n) is 3.00. The molecule has 0 saturated heterocycles. The van der Waals surface area contributed by atoms with Crippen LogP contribution in [0.4, 0.5) is 5.00 Å². The monoisotopic (exact) mass is 441 g/mol. The molecule has 0 aliphatic carbocycles. The molecule has 0 unspecified atom stereocenters. The summed E-state index contributed by atoms with van der Waals surface area (Å²) in [7, 11) is 0. The van der Waals surface area contributed by atoms with Gasteiger partial charge in [0.1, 0.15) is 22.1 Å². The van der Waals surface area contributed by atoms with Crippen molar-refractivity contribution in [3.8, 4) is 0 Å². The van der Waals surface area contributed by atoms with Gasteiger partial charge in [0.15, 0.2) is 0 Å². The minimum Gasteiger partial charge on any atom is -0.462 e. The topological polar surface area (TPSA) is 99.0 Å². The number of rotatable bonds is 8. The van der Waals surface area contributed by atoms with Crippen molar-refractivity contribution >= 4 is 39.8 Å². The number of hydrogen-bond donors (Lipinski definition) is 1. The highest BCUT2D eigenvalue weighted by Crippen LogP contribution is 2.34. The van der Waals surface area contributed by atoms with Crippen molar-refractivity contribution in [2.45, 2.75) is 27.2 Å². The molecule has 0 fully saturated rings. The molecule has 0 aliphatic heterocycles. The average Bonchev–Trinajstić information content (AvgIpc) is 3.25. The number of carbonyl (C=O) groups is 3. The smallest absolute Gasteiger partial charge is 0.348 e. The SMILES string of the molecule is C=CCOC(=O)c1sc(NC(=O)Cc2cn3ccc(C)cc3n2)c(C(=O)OCC)c1C. The first kappa shape index (κ1) is 22.2. The van der Waals surface area contributed by atoms with Crippen molar-refractivity contribution < 1.29 is 23.9 Å². The summed E-state index contributed by atoms with van der Waals surface area (Å²) >= 11 is 0.977. The first-order valence-corrected chi connectivity index (χ1v) is 10.5. The van der Waals surface area contributed by atoms with E-state index in [0.29, 0.717) is 11.3 Å². The van der Waals surface area contributed by atoms with Crippen LogP contribution in [-0.2, 0) is 20.7 Å². The molecule has 3 aromatic heterocycles. The van der Waals surface area contributed by atoms with Crippen LogP contribution in [0.3, 0.4) is 0 Å². The summed E-state index contributed by atoms with van der Waals surface area (Å²) in [4.78, 5) is 42.2. The lowest BCUT2D eigenvalue weighted by atomic mass is 10.1. The van der Waals surface area contributed by atoms with Crippen LogP contribution in [0.15, 0.2) is 37.2 Å². The summed E-state index contributed by atoms with van der Waals surface area (Å²) in [5.41, 5.74) is 2.94. The highest BCUT2D eigenvalue weighted by molar-refractivity contribution is 7.18. The summed E-state index contributed by atoms with van der Waals surface area (Å²) < 4.78 is 12.0. The van der Waals surface area contributed by atoms with Crippen LogP contribution < -0.4 is 5.32 Å². The van der Waals surface area contributed by atoms with Crippen molar-refractivity contribution in [2.75, 3.05) is 18.5 Å². The summed E-state index contributed by atoms with van der Waals surface area (Å²) in [6, 6.07) is 3.87.